The van der Waals surface area contributed by atoms with Gasteiger partial charge in [0.15, 0.2) is 5.78 Å². The smallest absolute Gasteiger partial charge is 0.229 e. The number of rotatable bonds is 4. The van der Waals surface area contributed by atoms with Crippen molar-refractivity contribution in [2.45, 2.75) is 13.3 Å². The summed E-state index contributed by atoms with van der Waals surface area (Å²) in [5.74, 6) is -0.973. The van der Waals surface area contributed by atoms with Gasteiger partial charge < -0.3 is 10.2 Å². The maximum absolute atomic E-state index is 12.5. The van der Waals surface area contributed by atoms with Crippen LogP contribution in [-0.4, -0.2) is 24.1 Å². The number of carbonyl (C=O) groups excluding carboxylic acids is 3. The molecule has 2 amide bonds. The molecule has 0 unspecified atom stereocenters. The van der Waals surface area contributed by atoms with E-state index in [1.807, 2.05) is 0 Å². The summed E-state index contributed by atoms with van der Waals surface area (Å²) >= 11 is 12.1. The molecule has 0 spiro atoms. The number of amides is 2. The zero-order chi connectivity index (χ0) is 18.8. The number of benzene rings is 2. The molecule has 1 atom stereocenters. The Bertz CT molecular complexity index is 881. The van der Waals surface area contributed by atoms with Gasteiger partial charge in [-0.25, -0.2) is 0 Å². The second-order valence-corrected chi connectivity index (χ2v) is 6.97. The molecule has 0 bridgehead atoms. The van der Waals surface area contributed by atoms with Gasteiger partial charge in [-0.05, 0) is 49.4 Å². The Morgan fingerprint density at radius 3 is 2.46 bits per heavy atom. The summed E-state index contributed by atoms with van der Waals surface area (Å²) in [6, 6.07) is 11.5. The minimum Gasteiger partial charge on any atom is -0.326 e. The second kappa shape index (κ2) is 7.48. The van der Waals surface area contributed by atoms with Crippen LogP contribution in [0.15, 0.2) is 42.5 Å². The van der Waals surface area contributed by atoms with E-state index in [1.165, 1.54) is 11.8 Å². The van der Waals surface area contributed by atoms with Gasteiger partial charge in [0.1, 0.15) is 0 Å². The quantitative estimate of drug-likeness (QED) is 0.795. The molecule has 1 heterocycles. The molecule has 3 rings (SSSR count). The van der Waals surface area contributed by atoms with E-state index < -0.39 is 5.92 Å². The molecule has 1 saturated heterocycles. The number of halogens is 2. The molecule has 0 radical (unpaired) electrons. The van der Waals surface area contributed by atoms with E-state index in [2.05, 4.69) is 5.32 Å². The standard InChI is InChI=1S/C19H16Cl2N2O3/c1-11(24)12-2-5-15(6-3-12)22-19(26)13-8-18(25)23(10-13)17-9-14(20)4-7-16(17)21/h2-7,9,13H,8,10H2,1H3,(H,22,26)/t13-/m0/s1. The van der Waals surface area contributed by atoms with Gasteiger partial charge in [-0.2, -0.15) is 0 Å². The maximum atomic E-state index is 12.5. The lowest BCUT2D eigenvalue weighted by Gasteiger charge is -2.18. The number of Topliss-reactive ketones (excluding diaryl/α,β-unsaturated/α-hetero) is 1. The molecule has 2 aromatic rings. The number of anilines is 2. The monoisotopic (exact) mass is 390 g/mol. The average Bonchev–Trinajstić information content (AvgIpc) is 2.99. The number of ketones is 1. The SMILES string of the molecule is CC(=O)c1ccc(NC(=O)[C@H]2CC(=O)N(c3cc(Cl)ccc3Cl)C2)cc1. The third kappa shape index (κ3) is 3.89. The fraction of sp³-hybridized carbons (Fsp3) is 0.211. The third-order valence-corrected chi connectivity index (χ3v) is 4.81. The van der Waals surface area contributed by atoms with Crippen molar-refractivity contribution >= 4 is 52.2 Å². The molecule has 0 aliphatic carbocycles. The Kier molecular flexibility index (Phi) is 5.30. The largest absolute Gasteiger partial charge is 0.326 e. The highest BCUT2D eigenvalue weighted by Crippen LogP contribution is 2.33. The third-order valence-electron chi connectivity index (χ3n) is 4.25. The minimum atomic E-state index is -0.495. The Morgan fingerprint density at radius 1 is 1.12 bits per heavy atom. The van der Waals surface area contributed by atoms with Crippen molar-refractivity contribution in [2.24, 2.45) is 5.92 Å². The van der Waals surface area contributed by atoms with E-state index in [1.54, 1.807) is 42.5 Å². The van der Waals surface area contributed by atoms with E-state index in [0.29, 0.717) is 27.0 Å². The van der Waals surface area contributed by atoms with Crippen LogP contribution in [-0.2, 0) is 9.59 Å². The Labute approximate surface area is 160 Å². The summed E-state index contributed by atoms with van der Waals surface area (Å²) in [6.45, 7) is 1.71. The molecule has 2 aromatic carbocycles. The lowest BCUT2D eigenvalue weighted by atomic mass is 10.1. The molecule has 1 N–H and O–H groups in total. The van der Waals surface area contributed by atoms with Crippen molar-refractivity contribution in [3.63, 3.8) is 0 Å². The van der Waals surface area contributed by atoms with E-state index in [-0.39, 0.29) is 30.6 Å². The van der Waals surface area contributed by atoms with Gasteiger partial charge in [0.2, 0.25) is 11.8 Å². The van der Waals surface area contributed by atoms with Crippen LogP contribution in [0.3, 0.4) is 0 Å². The van der Waals surface area contributed by atoms with Crippen LogP contribution in [0.1, 0.15) is 23.7 Å². The number of nitrogens with zero attached hydrogens (tertiary/aromatic N) is 1. The summed E-state index contributed by atoms with van der Waals surface area (Å²) in [5.41, 5.74) is 1.65. The molecule has 1 fully saturated rings. The Balaban J connectivity index is 1.70. The molecule has 26 heavy (non-hydrogen) atoms. The normalized spacial score (nSPS) is 16.7. The van der Waals surface area contributed by atoms with Crippen LogP contribution in [0.2, 0.25) is 10.0 Å². The van der Waals surface area contributed by atoms with Gasteiger partial charge in [0, 0.05) is 29.2 Å². The number of nitrogens with one attached hydrogen (secondary N) is 1. The molecule has 134 valence electrons. The van der Waals surface area contributed by atoms with Gasteiger partial charge >= 0.3 is 0 Å². The predicted octanol–water partition coefficient (Wildman–Crippen LogP) is 4.19. The van der Waals surface area contributed by atoms with E-state index >= 15 is 0 Å². The maximum Gasteiger partial charge on any atom is 0.229 e. The molecule has 0 saturated carbocycles. The topological polar surface area (TPSA) is 66.5 Å². The van der Waals surface area contributed by atoms with Crippen LogP contribution in [0.25, 0.3) is 0 Å². The summed E-state index contributed by atoms with van der Waals surface area (Å²) in [4.78, 5) is 37.6. The van der Waals surface area contributed by atoms with Gasteiger partial charge in [-0.3, -0.25) is 14.4 Å². The van der Waals surface area contributed by atoms with Crippen LogP contribution >= 0.6 is 23.2 Å². The average molecular weight is 391 g/mol. The van der Waals surface area contributed by atoms with Gasteiger partial charge in [0.25, 0.3) is 0 Å². The zero-order valence-corrected chi connectivity index (χ0v) is 15.5. The van der Waals surface area contributed by atoms with E-state index in [0.717, 1.165) is 0 Å². The molecule has 1 aliphatic rings. The lowest BCUT2D eigenvalue weighted by molar-refractivity contribution is -0.122. The fourth-order valence-corrected chi connectivity index (χ4v) is 3.23. The first-order valence-corrected chi connectivity index (χ1v) is 8.78. The molecular formula is C19H16Cl2N2O3. The highest BCUT2D eigenvalue weighted by molar-refractivity contribution is 6.36. The van der Waals surface area contributed by atoms with E-state index in [9.17, 15) is 14.4 Å². The van der Waals surface area contributed by atoms with Crippen molar-refractivity contribution in [2.75, 3.05) is 16.8 Å². The zero-order valence-electron chi connectivity index (χ0n) is 14.0. The van der Waals surface area contributed by atoms with E-state index in [4.69, 9.17) is 23.2 Å². The van der Waals surface area contributed by atoms with Gasteiger partial charge in [-0.1, -0.05) is 23.2 Å². The first-order valence-electron chi connectivity index (χ1n) is 8.02. The van der Waals surface area contributed by atoms with Gasteiger partial charge in [-0.15, -0.1) is 0 Å². The summed E-state index contributed by atoms with van der Waals surface area (Å²) in [5, 5.41) is 3.65. The van der Waals surface area contributed by atoms with Crippen LogP contribution in [0.5, 0.6) is 0 Å². The first-order chi connectivity index (χ1) is 12.3. The Hall–Kier alpha value is -2.37. The lowest BCUT2D eigenvalue weighted by Crippen LogP contribution is -2.28. The van der Waals surface area contributed by atoms with Crippen LogP contribution in [0.4, 0.5) is 11.4 Å². The molecule has 7 heteroatoms. The van der Waals surface area contributed by atoms with Crippen molar-refractivity contribution in [3.8, 4) is 0 Å². The summed E-state index contributed by atoms with van der Waals surface area (Å²) < 4.78 is 0. The molecule has 0 aromatic heterocycles. The Morgan fingerprint density at radius 2 is 1.81 bits per heavy atom. The highest BCUT2D eigenvalue weighted by atomic mass is 35.5. The molecule has 5 nitrogen and oxygen atoms in total. The van der Waals surface area contributed by atoms with Crippen molar-refractivity contribution in [1.29, 1.82) is 0 Å². The summed E-state index contributed by atoms with van der Waals surface area (Å²) in [7, 11) is 0. The second-order valence-electron chi connectivity index (χ2n) is 6.12. The predicted molar refractivity (Wildman–Crippen MR) is 102 cm³/mol. The fourth-order valence-electron chi connectivity index (χ4n) is 2.84. The molecular weight excluding hydrogens is 375 g/mol. The number of hydrogen-bond donors (Lipinski definition) is 1. The van der Waals surface area contributed by atoms with Crippen LogP contribution < -0.4 is 10.2 Å². The van der Waals surface area contributed by atoms with Crippen LogP contribution in [0, 0.1) is 5.92 Å². The van der Waals surface area contributed by atoms with Crippen molar-refractivity contribution in [3.05, 3.63) is 58.1 Å². The minimum absolute atomic E-state index is 0.0432. The van der Waals surface area contributed by atoms with Crippen molar-refractivity contribution in [1.82, 2.24) is 0 Å². The van der Waals surface area contributed by atoms with Crippen molar-refractivity contribution < 1.29 is 14.4 Å². The van der Waals surface area contributed by atoms with Gasteiger partial charge in [0.05, 0.1) is 16.6 Å². The number of carbonyl (C=O) groups is 3. The number of hydrogen-bond acceptors (Lipinski definition) is 3. The first kappa shape index (κ1) is 18.4. The highest BCUT2D eigenvalue weighted by Gasteiger charge is 2.36. The molecule has 1 aliphatic heterocycles. The summed E-state index contributed by atoms with van der Waals surface area (Å²) in [6.07, 6.45) is 0.0974.